The normalized spacial score (nSPS) is 31.9. The zero-order valence-electron chi connectivity index (χ0n) is 21.4. The summed E-state index contributed by atoms with van der Waals surface area (Å²) in [6, 6.07) is 9.25. The molecule has 3 N–H and O–H groups in total. The van der Waals surface area contributed by atoms with Crippen molar-refractivity contribution in [3.8, 4) is 16.9 Å². The molecule has 37 heavy (non-hydrogen) atoms. The molecule has 2 aromatic heterocycles. The largest absolute Gasteiger partial charge is 0.491 e. The van der Waals surface area contributed by atoms with E-state index < -0.39 is 0 Å². The van der Waals surface area contributed by atoms with Gasteiger partial charge in [0.2, 0.25) is 0 Å². The predicted molar refractivity (Wildman–Crippen MR) is 142 cm³/mol. The van der Waals surface area contributed by atoms with Crippen LogP contribution in [0.4, 0.5) is 5.82 Å². The second-order valence-electron chi connectivity index (χ2n) is 11.6. The molecule has 0 amide bonds. The lowest BCUT2D eigenvalue weighted by Crippen LogP contribution is -2.37. The van der Waals surface area contributed by atoms with Gasteiger partial charge in [-0.3, -0.25) is 4.90 Å². The molecule has 0 radical (unpaired) electrons. The van der Waals surface area contributed by atoms with Gasteiger partial charge in [-0.05, 0) is 75.5 Å². The van der Waals surface area contributed by atoms with Gasteiger partial charge in [0.1, 0.15) is 35.7 Å². The third-order valence-electron chi connectivity index (χ3n) is 9.32. The van der Waals surface area contributed by atoms with Crippen molar-refractivity contribution in [2.75, 3.05) is 25.4 Å². The maximum atomic E-state index is 9.96. The second-order valence-corrected chi connectivity index (χ2v) is 11.6. The van der Waals surface area contributed by atoms with Gasteiger partial charge in [0, 0.05) is 36.9 Å². The molecule has 4 fully saturated rings. The number of aliphatic hydroxyl groups is 1. The van der Waals surface area contributed by atoms with Crippen molar-refractivity contribution >= 4 is 16.9 Å². The average molecular weight is 504 g/mol. The number of benzene rings is 1. The topological polar surface area (TPSA) is 98.7 Å². The number of aromatic nitrogens is 3. The van der Waals surface area contributed by atoms with Crippen LogP contribution in [0.5, 0.6) is 5.75 Å². The molecular weight excluding hydrogens is 466 g/mol. The van der Waals surface area contributed by atoms with E-state index >= 15 is 0 Å². The molecule has 1 aliphatic carbocycles. The van der Waals surface area contributed by atoms with E-state index in [9.17, 15) is 5.11 Å². The highest BCUT2D eigenvalue weighted by Crippen LogP contribution is 2.44. The zero-order valence-corrected chi connectivity index (χ0v) is 21.4. The van der Waals surface area contributed by atoms with E-state index in [1.54, 1.807) is 6.33 Å². The lowest BCUT2D eigenvalue weighted by Gasteiger charge is -2.35. The van der Waals surface area contributed by atoms with Gasteiger partial charge in [-0.1, -0.05) is 12.1 Å². The Hall–Kier alpha value is -2.68. The fourth-order valence-electron chi connectivity index (χ4n) is 7.26. The van der Waals surface area contributed by atoms with Crippen LogP contribution in [0.25, 0.3) is 22.2 Å². The maximum absolute atomic E-state index is 9.96. The quantitative estimate of drug-likeness (QED) is 0.517. The van der Waals surface area contributed by atoms with Gasteiger partial charge in [0.15, 0.2) is 0 Å². The summed E-state index contributed by atoms with van der Waals surface area (Å²) in [7, 11) is 0. The lowest BCUT2D eigenvalue weighted by molar-refractivity contribution is -0.0198. The number of fused-ring (bicyclic) bond motifs is 3. The van der Waals surface area contributed by atoms with Crippen LogP contribution in [0, 0.1) is 0 Å². The van der Waals surface area contributed by atoms with E-state index in [4.69, 9.17) is 15.2 Å². The van der Waals surface area contributed by atoms with E-state index in [2.05, 4.69) is 37.8 Å². The highest BCUT2D eigenvalue weighted by atomic mass is 16.6. The van der Waals surface area contributed by atoms with Crippen molar-refractivity contribution in [3.05, 3.63) is 36.8 Å². The molecule has 3 aromatic rings. The third-order valence-corrected chi connectivity index (χ3v) is 9.32. The van der Waals surface area contributed by atoms with E-state index in [-0.39, 0.29) is 11.7 Å². The highest BCUT2D eigenvalue weighted by Gasteiger charge is 2.46. The smallest absolute Gasteiger partial charge is 0.146 e. The molecule has 8 nitrogen and oxygen atoms in total. The van der Waals surface area contributed by atoms with Crippen LogP contribution in [0.15, 0.2) is 36.8 Å². The van der Waals surface area contributed by atoms with Crippen molar-refractivity contribution < 1.29 is 14.6 Å². The van der Waals surface area contributed by atoms with Gasteiger partial charge in [-0.2, -0.15) is 0 Å². The molecule has 3 saturated heterocycles. The monoisotopic (exact) mass is 503 g/mol. The summed E-state index contributed by atoms with van der Waals surface area (Å²) in [4.78, 5) is 11.5. The Labute approximate surface area is 217 Å². The Morgan fingerprint density at radius 3 is 2.59 bits per heavy atom. The number of rotatable bonds is 6. The Bertz CT molecular complexity index is 1280. The number of nitrogens with zero attached hydrogens (tertiary/aromatic N) is 4. The third kappa shape index (κ3) is 4.29. The van der Waals surface area contributed by atoms with Crippen LogP contribution in [-0.2, 0) is 4.74 Å². The summed E-state index contributed by atoms with van der Waals surface area (Å²) in [5.41, 5.74) is 9.36. The van der Waals surface area contributed by atoms with Crippen molar-refractivity contribution in [1.82, 2.24) is 19.4 Å². The Morgan fingerprint density at radius 2 is 1.86 bits per heavy atom. The summed E-state index contributed by atoms with van der Waals surface area (Å²) >= 11 is 0. The molecule has 0 spiro atoms. The maximum Gasteiger partial charge on any atom is 0.146 e. The van der Waals surface area contributed by atoms with Crippen LogP contribution in [-0.4, -0.2) is 68.1 Å². The number of anilines is 1. The molecule has 4 aliphatic rings. The number of hydrogen-bond donors (Lipinski definition) is 2. The number of nitrogen functional groups attached to an aromatic ring is 1. The average Bonchev–Trinajstić information content (AvgIpc) is 3.72. The number of aliphatic hydroxyl groups excluding tert-OH is 1. The first-order chi connectivity index (χ1) is 18.1. The minimum absolute atomic E-state index is 0.0963. The van der Waals surface area contributed by atoms with Crippen LogP contribution < -0.4 is 10.5 Å². The molecule has 1 saturated carbocycles. The minimum atomic E-state index is -0.159. The molecule has 0 unspecified atom stereocenters. The second kappa shape index (κ2) is 9.26. The van der Waals surface area contributed by atoms with Crippen LogP contribution in [0.2, 0.25) is 0 Å². The van der Waals surface area contributed by atoms with Gasteiger partial charge >= 0.3 is 0 Å². The molecule has 8 heteroatoms. The van der Waals surface area contributed by atoms with E-state index in [0.717, 1.165) is 98.8 Å². The SMILES string of the molecule is Nc1ncnc2c1c(-c1cccc(OCC34CCC(CC3)O4)c1)cn2C1CCC(N2CC[C@@H](O)C2)CC1. The molecule has 2 bridgehead atoms. The minimum Gasteiger partial charge on any atom is -0.491 e. The Morgan fingerprint density at radius 1 is 1.05 bits per heavy atom. The van der Waals surface area contributed by atoms with E-state index in [1.165, 1.54) is 0 Å². The molecule has 7 rings (SSSR count). The molecular formula is C29H37N5O3. The van der Waals surface area contributed by atoms with E-state index in [1.807, 2.05) is 12.1 Å². The number of hydrogen-bond acceptors (Lipinski definition) is 7. The standard InChI is InChI=1S/C29H37N5O3/c30-27-26-25(19-2-1-3-24(14-19)36-17-29-11-8-23(37-29)9-12-29)16-34(28(26)32-18-31-27)21-6-4-20(5-7-21)33-13-10-22(35)15-33/h1-3,14,16,18,20-23,35H,4-13,15,17H2,(H2,30,31,32)/t20?,21?,22-,23?,29?/m1/s1. The predicted octanol–water partition coefficient (Wildman–Crippen LogP) is 4.32. The van der Waals surface area contributed by atoms with Crippen LogP contribution >= 0.6 is 0 Å². The Kier molecular flexibility index (Phi) is 5.86. The summed E-state index contributed by atoms with van der Waals surface area (Å²) < 4.78 is 14.8. The molecule has 1 aromatic carbocycles. The molecule has 5 heterocycles. The lowest BCUT2D eigenvalue weighted by atomic mass is 9.89. The molecule has 3 aliphatic heterocycles. The van der Waals surface area contributed by atoms with Gasteiger partial charge in [-0.25, -0.2) is 9.97 Å². The van der Waals surface area contributed by atoms with Gasteiger partial charge in [0.05, 0.1) is 17.6 Å². The summed E-state index contributed by atoms with van der Waals surface area (Å²) in [5.74, 6) is 1.37. The first-order valence-electron chi connectivity index (χ1n) is 14.0. The summed E-state index contributed by atoms with van der Waals surface area (Å²) in [6.07, 6.45) is 13.9. The number of nitrogens with two attached hydrogens (primary N) is 1. The van der Waals surface area contributed by atoms with Crippen LogP contribution in [0.3, 0.4) is 0 Å². The Balaban J connectivity index is 1.14. The summed E-state index contributed by atoms with van der Waals surface area (Å²) in [6.45, 7) is 2.45. The van der Waals surface area contributed by atoms with Crippen molar-refractivity contribution in [2.45, 2.75) is 87.7 Å². The first kappa shape index (κ1) is 23.4. The zero-order chi connectivity index (χ0) is 25.0. The fourth-order valence-corrected chi connectivity index (χ4v) is 7.26. The summed E-state index contributed by atoms with van der Waals surface area (Å²) in [5, 5.41) is 10.9. The fraction of sp³-hybridized carbons (Fsp3) is 0.586. The number of β-amino-alcohol motifs (C(OH)–C–C–N with tert-alkyl or cyclic N) is 1. The van der Waals surface area contributed by atoms with Crippen molar-refractivity contribution in [1.29, 1.82) is 0 Å². The van der Waals surface area contributed by atoms with E-state index in [0.29, 0.717) is 30.6 Å². The first-order valence-corrected chi connectivity index (χ1v) is 14.0. The number of likely N-dealkylation sites (tertiary alicyclic amines) is 1. The van der Waals surface area contributed by atoms with Crippen LogP contribution in [0.1, 0.15) is 63.8 Å². The highest BCUT2D eigenvalue weighted by molar-refractivity contribution is 6.00. The van der Waals surface area contributed by atoms with Gasteiger partial charge in [-0.15, -0.1) is 0 Å². The number of ether oxygens (including phenoxy) is 2. The molecule has 196 valence electrons. The molecule has 1 atom stereocenters. The van der Waals surface area contributed by atoms with Crippen molar-refractivity contribution in [2.24, 2.45) is 0 Å². The van der Waals surface area contributed by atoms with Gasteiger partial charge in [0.25, 0.3) is 0 Å². The van der Waals surface area contributed by atoms with Gasteiger partial charge < -0.3 is 24.9 Å². The van der Waals surface area contributed by atoms with Crippen molar-refractivity contribution in [3.63, 3.8) is 0 Å².